The van der Waals surface area contributed by atoms with Crippen LogP contribution in [0.4, 0.5) is 5.82 Å². The lowest BCUT2D eigenvalue weighted by atomic mass is 9.90. The van der Waals surface area contributed by atoms with Crippen LogP contribution in [-0.2, 0) is 4.79 Å². The summed E-state index contributed by atoms with van der Waals surface area (Å²) in [6, 6.07) is 10.2. The Morgan fingerprint density at radius 3 is 2.79 bits per heavy atom. The summed E-state index contributed by atoms with van der Waals surface area (Å²) in [6.45, 7) is 2.97. The second-order valence-corrected chi connectivity index (χ2v) is 7.29. The average molecular weight is 339 g/mol. The molecule has 1 N–H and O–H groups in total. The molecule has 1 unspecified atom stereocenters. The molecule has 122 valence electrons. The van der Waals surface area contributed by atoms with Crippen molar-refractivity contribution in [3.63, 3.8) is 0 Å². The van der Waals surface area contributed by atoms with Crippen LogP contribution in [0, 0.1) is 5.41 Å². The number of carboxylic acids is 1. The molecular weight excluding hydrogens is 322 g/mol. The van der Waals surface area contributed by atoms with Gasteiger partial charge >= 0.3 is 5.97 Å². The molecule has 1 fully saturated rings. The Balaban J connectivity index is 1.83. The first-order valence-electron chi connectivity index (χ1n) is 7.84. The van der Waals surface area contributed by atoms with Gasteiger partial charge < -0.3 is 10.0 Å². The quantitative estimate of drug-likeness (QED) is 0.789. The highest BCUT2D eigenvalue weighted by Gasteiger charge is 2.41. The lowest BCUT2D eigenvalue weighted by molar-refractivity contribution is -0.146. The van der Waals surface area contributed by atoms with E-state index in [1.54, 1.807) is 24.6 Å². The standard InChI is InChI=1S/C18H17N3O2S/c1-18(17(22)23)7-8-21(10-18)15-14-13(12-5-3-2-4-6-12)9-24-16(14)20-11-19-15/h2-6,9,11H,7-8,10H2,1H3,(H,22,23). The van der Waals surface area contributed by atoms with Crippen LogP contribution in [0.2, 0.25) is 0 Å². The summed E-state index contributed by atoms with van der Waals surface area (Å²) in [5.74, 6) is 0.0916. The molecule has 1 aliphatic rings. The van der Waals surface area contributed by atoms with Gasteiger partial charge in [-0.1, -0.05) is 30.3 Å². The molecule has 0 amide bonds. The molecule has 0 radical (unpaired) electrons. The van der Waals surface area contributed by atoms with Gasteiger partial charge in [0.05, 0.1) is 10.8 Å². The number of anilines is 1. The Kier molecular flexibility index (Phi) is 3.49. The third-order valence-corrected chi connectivity index (χ3v) is 5.61. The zero-order valence-electron chi connectivity index (χ0n) is 13.3. The van der Waals surface area contributed by atoms with Crippen LogP contribution in [0.1, 0.15) is 13.3 Å². The zero-order valence-corrected chi connectivity index (χ0v) is 14.1. The van der Waals surface area contributed by atoms with Crippen LogP contribution in [0.5, 0.6) is 0 Å². The van der Waals surface area contributed by atoms with Crippen LogP contribution in [0.25, 0.3) is 21.3 Å². The lowest BCUT2D eigenvalue weighted by Gasteiger charge is -2.21. The minimum absolute atomic E-state index is 0.471. The molecule has 6 heteroatoms. The molecule has 4 rings (SSSR count). The molecule has 0 aliphatic carbocycles. The van der Waals surface area contributed by atoms with Crippen molar-refractivity contribution in [3.8, 4) is 11.1 Å². The van der Waals surface area contributed by atoms with Gasteiger partial charge in [0.2, 0.25) is 0 Å². The van der Waals surface area contributed by atoms with E-state index < -0.39 is 11.4 Å². The van der Waals surface area contributed by atoms with Crippen molar-refractivity contribution < 1.29 is 9.90 Å². The average Bonchev–Trinajstić information content (AvgIpc) is 3.20. The van der Waals surface area contributed by atoms with Crippen LogP contribution in [0.3, 0.4) is 0 Å². The van der Waals surface area contributed by atoms with Crippen molar-refractivity contribution in [2.24, 2.45) is 5.41 Å². The SMILES string of the molecule is CC1(C(=O)O)CCN(c2ncnc3scc(-c4ccccc4)c23)C1. The number of carbonyl (C=O) groups is 1. The largest absolute Gasteiger partial charge is 0.481 e. The number of fused-ring (bicyclic) bond motifs is 1. The second-order valence-electron chi connectivity index (χ2n) is 6.43. The molecule has 3 aromatic rings. The maximum absolute atomic E-state index is 11.5. The number of carboxylic acid groups (broad SMARTS) is 1. The Morgan fingerprint density at radius 1 is 1.29 bits per heavy atom. The highest BCUT2D eigenvalue weighted by Crippen LogP contribution is 2.41. The molecule has 0 bridgehead atoms. The molecule has 1 atom stereocenters. The summed E-state index contributed by atoms with van der Waals surface area (Å²) in [6.07, 6.45) is 2.19. The highest BCUT2D eigenvalue weighted by atomic mass is 32.1. The predicted octanol–water partition coefficient (Wildman–Crippen LogP) is 3.66. The first-order valence-corrected chi connectivity index (χ1v) is 8.72. The monoisotopic (exact) mass is 339 g/mol. The van der Waals surface area contributed by atoms with Crippen LogP contribution in [-0.4, -0.2) is 34.1 Å². The van der Waals surface area contributed by atoms with Gasteiger partial charge in [0, 0.05) is 24.0 Å². The van der Waals surface area contributed by atoms with E-state index in [1.807, 2.05) is 18.2 Å². The third kappa shape index (κ3) is 2.34. The van der Waals surface area contributed by atoms with Crippen molar-refractivity contribution in [1.29, 1.82) is 0 Å². The first-order chi connectivity index (χ1) is 11.6. The van der Waals surface area contributed by atoms with Crippen molar-refractivity contribution >= 4 is 33.3 Å². The predicted molar refractivity (Wildman–Crippen MR) is 95.4 cm³/mol. The molecule has 3 heterocycles. The summed E-state index contributed by atoms with van der Waals surface area (Å²) in [5.41, 5.74) is 1.51. The van der Waals surface area contributed by atoms with Gasteiger partial charge in [-0.15, -0.1) is 11.3 Å². The molecule has 0 spiro atoms. The second kappa shape index (κ2) is 5.56. The summed E-state index contributed by atoms with van der Waals surface area (Å²) >= 11 is 1.59. The van der Waals surface area contributed by atoms with E-state index in [1.165, 1.54) is 0 Å². The van der Waals surface area contributed by atoms with Crippen molar-refractivity contribution in [3.05, 3.63) is 42.0 Å². The third-order valence-electron chi connectivity index (χ3n) is 4.72. The molecule has 5 nitrogen and oxygen atoms in total. The van der Waals surface area contributed by atoms with Gasteiger partial charge in [-0.3, -0.25) is 4.79 Å². The topological polar surface area (TPSA) is 66.3 Å². The van der Waals surface area contributed by atoms with Gasteiger partial charge in [-0.05, 0) is 18.9 Å². The van der Waals surface area contributed by atoms with E-state index in [0.29, 0.717) is 19.5 Å². The molecule has 1 saturated heterocycles. The number of hydrogen-bond acceptors (Lipinski definition) is 5. The van der Waals surface area contributed by atoms with Gasteiger partial charge in [0.1, 0.15) is 17.0 Å². The molecule has 0 saturated carbocycles. The highest BCUT2D eigenvalue weighted by molar-refractivity contribution is 7.17. The van der Waals surface area contributed by atoms with Crippen molar-refractivity contribution in [1.82, 2.24) is 9.97 Å². The van der Waals surface area contributed by atoms with E-state index in [-0.39, 0.29) is 0 Å². The maximum Gasteiger partial charge on any atom is 0.311 e. The Bertz CT molecular complexity index is 909. The number of rotatable bonds is 3. The first kappa shape index (κ1) is 15.1. The zero-order chi connectivity index (χ0) is 16.7. The lowest BCUT2D eigenvalue weighted by Crippen LogP contribution is -2.32. The maximum atomic E-state index is 11.5. The van der Waals surface area contributed by atoms with Crippen molar-refractivity contribution in [2.75, 3.05) is 18.0 Å². The van der Waals surface area contributed by atoms with E-state index >= 15 is 0 Å². The molecule has 24 heavy (non-hydrogen) atoms. The van der Waals surface area contributed by atoms with Gasteiger partial charge in [0.25, 0.3) is 0 Å². The number of thiophene rings is 1. The fourth-order valence-electron chi connectivity index (χ4n) is 3.25. The summed E-state index contributed by atoms with van der Waals surface area (Å²) in [4.78, 5) is 23.5. The Morgan fingerprint density at radius 2 is 2.08 bits per heavy atom. The Labute approximate surface area is 143 Å². The molecule has 1 aromatic carbocycles. The van der Waals surface area contributed by atoms with Crippen LogP contribution in [0.15, 0.2) is 42.0 Å². The number of hydrogen-bond donors (Lipinski definition) is 1. The fourth-order valence-corrected chi connectivity index (χ4v) is 4.16. The van der Waals surface area contributed by atoms with Gasteiger partial charge in [0.15, 0.2) is 0 Å². The number of nitrogens with zero attached hydrogens (tertiary/aromatic N) is 3. The number of benzene rings is 1. The van der Waals surface area contributed by atoms with Crippen molar-refractivity contribution in [2.45, 2.75) is 13.3 Å². The fraction of sp³-hybridized carbons (Fsp3) is 0.278. The summed E-state index contributed by atoms with van der Waals surface area (Å²) in [5, 5.41) is 12.6. The van der Waals surface area contributed by atoms with E-state index in [0.717, 1.165) is 27.2 Å². The number of aromatic nitrogens is 2. The van der Waals surface area contributed by atoms with Gasteiger partial charge in [-0.25, -0.2) is 9.97 Å². The normalized spacial score (nSPS) is 20.6. The molecule has 1 aliphatic heterocycles. The summed E-state index contributed by atoms with van der Waals surface area (Å²) in [7, 11) is 0. The molecular formula is C18H17N3O2S. The minimum atomic E-state index is -0.746. The molecule has 2 aromatic heterocycles. The van der Waals surface area contributed by atoms with Crippen LogP contribution < -0.4 is 4.90 Å². The van der Waals surface area contributed by atoms with E-state index in [9.17, 15) is 9.90 Å². The minimum Gasteiger partial charge on any atom is -0.481 e. The Hall–Kier alpha value is -2.47. The number of aliphatic carboxylic acids is 1. The summed E-state index contributed by atoms with van der Waals surface area (Å²) < 4.78 is 0. The van der Waals surface area contributed by atoms with E-state index in [2.05, 4.69) is 32.4 Å². The van der Waals surface area contributed by atoms with Crippen LogP contribution >= 0.6 is 11.3 Å². The smallest absolute Gasteiger partial charge is 0.311 e. The van der Waals surface area contributed by atoms with Gasteiger partial charge in [-0.2, -0.15) is 0 Å². The van der Waals surface area contributed by atoms with E-state index in [4.69, 9.17) is 0 Å².